The van der Waals surface area contributed by atoms with Crippen molar-refractivity contribution in [1.29, 1.82) is 0 Å². The highest BCUT2D eigenvalue weighted by Gasteiger charge is 2.10. The van der Waals surface area contributed by atoms with Crippen LogP contribution in [0.4, 0.5) is 5.82 Å². The monoisotopic (exact) mass is 261 g/mol. The Bertz CT molecular complexity index is 638. The number of nitrogens with one attached hydrogen (secondary N) is 1. The molecule has 0 saturated carbocycles. The van der Waals surface area contributed by atoms with E-state index in [-0.39, 0.29) is 18.1 Å². The normalized spacial score (nSPS) is 10.3. The van der Waals surface area contributed by atoms with Gasteiger partial charge in [-0.15, -0.1) is 0 Å². The van der Waals surface area contributed by atoms with Crippen LogP contribution < -0.4 is 21.6 Å². The maximum absolute atomic E-state index is 12.0. The van der Waals surface area contributed by atoms with E-state index >= 15 is 0 Å². The van der Waals surface area contributed by atoms with Crippen molar-refractivity contribution >= 4 is 5.82 Å². The van der Waals surface area contributed by atoms with Crippen LogP contribution in [-0.4, -0.2) is 21.6 Å². The highest BCUT2D eigenvalue weighted by molar-refractivity contribution is 5.42. The second-order valence-corrected chi connectivity index (χ2v) is 3.96. The van der Waals surface area contributed by atoms with Gasteiger partial charge in [0, 0.05) is 23.5 Å². The number of hydrogen-bond donors (Lipinski definition) is 2. The second-order valence-electron chi connectivity index (χ2n) is 3.96. The number of hydrazine groups is 1. The molecule has 0 radical (unpaired) electrons. The predicted octanol–water partition coefficient (Wildman–Crippen LogP) is 0.289. The molecule has 7 nitrogen and oxygen atoms in total. The number of ether oxygens (including phenoxy) is 1. The summed E-state index contributed by atoms with van der Waals surface area (Å²) in [5, 5.41) is 0. The molecule has 0 saturated heterocycles. The second kappa shape index (κ2) is 5.49. The molecule has 2 aromatic rings. The van der Waals surface area contributed by atoms with Crippen molar-refractivity contribution in [2.45, 2.75) is 13.5 Å². The standard InChI is InChI=1S/C12H15N5O2/c1-8-6-10(18)17(12(15-8)19-2)7-9-4-3-5-14-11(9)16-13/h3-6H,7,13H2,1-2H3,(H,14,16). The third-order valence-electron chi connectivity index (χ3n) is 2.64. The fraction of sp³-hybridized carbons (Fsp3) is 0.250. The summed E-state index contributed by atoms with van der Waals surface area (Å²) in [7, 11) is 1.48. The third-order valence-corrected chi connectivity index (χ3v) is 2.64. The van der Waals surface area contributed by atoms with E-state index in [0.29, 0.717) is 11.5 Å². The van der Waals surface area contributed by atoms with Gasteiger partial charge in [-0.2, -0.15) is 0 Å². The minimum atomic E-state index is -0.184. The van der Waals surface area contributed by atoms with Gasteiger partial charge in [0.15, 0.2) is 0 Å². The van der Waals surface area contributed by atoms with Gasteiger partial charge in [0.1, 0.15) is 5.82 Å². The van der Waals surface area contributed by atoms with Crippen molar-refractivity contribution in [3.63, 3.8) is 0 Å². The number of aromatic nitrogens is 3. The molecule has 3 N–H and O–H groups in total. The molecule has 2 rings (SSSR count). The molecule has 0 atom stereocenters. The van der Waals surface area contributed by atoms with Gasteiger partial charge >= 0.3 is 0 Å². The van der Waals surface area contributed by atoms with Crippen molar-refractivity contribution in [1.82, 2.24) is 14.5 Å². The Morgan fingerprint density at radius 3 is 3.00 bits per heavy atom. The van der Waals surface area contributed by atoms with Crippen molar-refractivity contribution in [3.8, 4) is 6.01 Å². The molecule has 0 fully saturated rings. The lowest BCUT2D eigenvalue weighted by molar-refractivity contribution is 0.350. The van der Waals surface area contributed by atoms with E-state index in [4.69, 9.17) is 10.6 Å². The highest BCUT2D eigenvalue weighted by atomic mass is 16.5. The average molecular weight is 261 g/mol. The number of rotatable bonds is 4. The number of methoxy groups -OCH3 is 1. The number of nitrogens with zero attached hydrogens (tertiary/aromatic N) is 3. The molecule has 0 spiro atoms. The first-order valence-corrected chi connectivity index (χ1v) is 5.68. The van der Waals surface area contributed by atoms with Crippen molar-refractivity contribution in [2.24, 2.45) is 5.84 Å². The molecule has 0 aliphatic carbocycles. The maximum atomic E-state index is 12.0. The van der Waals surface area contributed by atoms with Crippen LogP contribution in [-0.2, 0) is 6.54 Å². The van der Waals surface area contributed by atoms with Crippen molar-refractivity contribution in [3.05, 3.63) is 46.0 Å². The van der Waals surface area contributed by atoms with Gasteiger partial charge in [-0.05, 0) is 13.0 Å². The van der Waals surface area contributed by atoms with Gasteiger partial charge < -0.3 is 10.2 Å². The first-order valence-electron chi connectivity index (χ1n) is 5.68. The number of aryl methyl sites for hydroxylation is 1. The number of nitrogen functional groups attached to an aromatic ring is 1. The van der Waals surface area contributed by atoms with E-state index in [1.165, 1.54) is 17.7 Å². The van der Waals surface area contributed by atoms with E-state index in [2.05, 4.69) is 15.4 Å². The Morgan fingerprint density at radius 2 is 2.32 bits per heavy atom. The largest absolute Gasteiger partial charge is 0.468 e. The summed E-state index contributed by atoms with van der Waals surface area (Å²) in [6, 6.07) is 5.31. The summed E-state index contributed by atoms with van der Waals surface area (Å²) in [5.41, 5.74) is 3.70. The van der Waals surface area contributed by atoms with E-state index in [1.807, 2.05) is 6.07 Å². The summed E-state index contributed by atoms with van der Waals surface area (Å²) in [5.74, 6) is 5.90. The van der Waals surface area contributed by atoms with E-state index < -0.39 is 0 Å². The van der Waals surface area contributed by atoms with Crippen LogP contribution in [0.15, 0.2) is 29.2 Å². The minimum Gasteiger partial charge on any atom is -0.468 e. The summed E-state index contributed by atoms with van der Waals surface area (Å²) in [6.07, 6.45) is 1.62. The van der Waals surface area contributed by atoms with Gasteiger partial charge in [-0.1, -0.05) is 6.07 Å². The summed E-state index contributed by atoms with van der Waals surface area (Å²) in [6.45, 7) is 2.02. The molecule has 7 heteroatoms. The molecular formula is C12H15N5O2. The molecule has 0 amide bonds. The lowest BCUT2D eigenvalue weighted by Gasteiger charge is -2.12. The molecule has 0 bridgehead atoms. The van der Waals surface area contributed by atoms with Gasteiger partial charge in [0.25, 0.3) is 11.6 Å². The zero-order valence-electron chi connectivity index (χ0n) is 10.8. The van der Waals surface area contributed by atoms with Gasteiger partial charge in [-0.3, -0.25) is 9.36 Å². The number of hydrogen-bond acceptors (Lipinski definition) is 6. The lowest BCUT2D eigenvalue weighted by Crippen LogP contribution is -2.24. The highest BCUT2D eigenvalue weighted by Crippen LogP contribution is 2.14. The van der Waals surface area contributed by atoms with E-state index in [1.54, 1.807) is 19.2 Å². The first-order chi connectivity index (χ1) is 9.15. The molecule has 2 heterocycles. The molecule has 100 valence electrons. The lowest BCUT2D eigenvalue weighted by atomic mass is 10.2. The Labute approximate surface area is 110 Å². The molecule has 19 heavy (non-hydrogen) atoms. The number of nitrogens with two attached hydrogens (primary N) is 1. The molecular weight excluding hydrogens is 246 g/mol. The van der Waals surface area contributed by atoms with Crippen LogP contribution in [0.2, 0.25) is 0 Å². The first kappa shape index (κ1) is 13.0. The topological polar surface area (TPSA) is 95.1 Å². The molecule has 0 aliphatic rings. The van der Waals surface area contributed by atoms with Crippen LogP contribution in [0.3, 0.4) is 0 Å². The summed E-state index contributed by atoms with van der Waals surface area (Å²) in [4.78, 5) is 20.3. The van der Waals surface area contributed by atoms with Crippen LogP contribution in [0.5, 0.6) is 6.01 Å². The van der Waals surface area contributed by atoms with Crippen LogP contribution in [0.1, 0.15) is 11.3 Å². The van der Waals surface area contributed by atoms with Crippen LogP contribution >= 0.6 is 0 Å². The van der Waals surface area contributed by atoms with E-state index in [0.717, 1.165) is 5.56 Å². The zero-order chi connectivity index (χ0) is 13.8. The van der Waals surface area contributed by atoms with E-state index in [9.17, 15) is 4.79 Å². The quantitative estimate of drug-likeness (QED) is 0.606. The fourth-order valence-electron chi connectivity index (χ4n) is 1.76. The van der Waals surface area contributed by atoms with Gasteiger partial charge in [0.2, 0.25) is 0 Å². The van der Waals surface area contributed by atoms with Gasteiger partial charge in [-0.25, -0.2) is 15.8 Å². The van der Waals surface area contributed by atoms with Crippen LogP contribution in [0, 0.1) is 6.92 Å². The molecule has 2 aromatic heterocycles. The minimum absolute atomic E-state index is 0.184. The van der Waals surface area contributed by atoms with Crippen molar-refractivity contribution < 1.29 is 4.74 Å². The van der Waals surface area contributed by atoms with Gasteiger partial charge in [0.05, 0.1) is 13.7 Å². The Kier molecular flexibility index (Phi) is 3.76. The SMILES string of the molecule is COc1nc(C)cc(=O)n1Cc1cccnc1NN. The van der Waals surface area contributed by atoms with Crippen LogP contribution in [0.25, 0.3) is 0 Å². The number of anilines is 1. The Hall–Kier alpha value is -2.41. The predicted molar refractivity (Wildman–Crippen MR) is 70.9 cm³/mol. The Balaban J connectivity index is 2.46. The fourth-order valence-corrected chi connectivity index (χ4v) is 1.76. The zero-order valence-corrected chi connectivity index (χ0v) is 10.8. The average Bonchev–Trinajstić information content (AvgIpc) is 2.42. The molecule has 0 unspecified atom stereocenters. The number of pyridine rings is 1. The molecule has 0 aliphatic heterocycles. The molecule has 0 aromatic carbocycles. The maximum Gasteiger partial charge on any atom is 0.299 e. The third kappa shape index (κ3) is 2.71. The van der Waals surface area contributed by atoms with Crippen molar-refractivity contribution in [2.75, 3.05) is 12.5 Å². The smallest absolute Gasteiger partial charge is 0.299 e. The Morgan fingerprint density at radius 1 is 1.53 bits per heavy atom. The summed E-state index contributed by atoms with van der Waals surface area (Å²) < 4.78 is 6.55. The summed E-state index contributed by atoms with van der Waals surface area (Å²) >= 11 is 0.